The Kier molecular flexibility index (Phi) is 4.49. The predicted octanol–water partition coefficient (Wildman–Crippen LogP) is -2.93. The summed E-state index contributed by atoms with van der Waals surface area (Å²) in [6, 6.07) is -1.29. The van der Waals surface area contributed by atoms with E-state index in [2.05, 4.69) is 10.6 Å². The first kappa shape index (κ1) is 17.2. The number of ether oxygens (including phenoxy) is 3. The van der Waals surface area contributed by atoms with Crippen molar-refractivity contribution < 1.29 is 34.3 Å². The summed E-state index contributed by atoms with van der Waals surface area (Å²) in [5.41, 5.74) is 0. The zero-order valence-corrected chi connectivity index (χ0v) is 13.3. The van der Waals surface area contributed by atoms with Gasteiger partial charge in [-0.05, 0) is 21.0 Å². The van der Waals surface area contributed by atoms with E-state index in [-0.39, 0.29) is 6.42 Å². The molecule has 9 heteroatoms. The van der Waals surface area contributed by atoms with Crippen LogP contribution in [0.1, 0.15) is 13.3 Å². The summed E-state index contributed by atoms with van der Waals surface area (Å²) < 4.78 is 16.8. The number of carbonyl (C=O) groups is 1. The highest BCUT2D eigenvalue weighted by Crippen LogP contribution is 2.40. The molecule has 0 amide bonds. The van der Waals surface area contributed by atoms with Gasteiger partial charge in [0.25, 0.3) is 5.79 Å². The number of nitrogens with one attached hydrogen (secondary N) is 2. The molecule has 0 unspecified atom stereocenters. The number of fused-ring (bicyclic) bond motifs is 2. The number of rotatable bonds is 2. The van der Waals surface area contributed by atoms with Gasteiger partial charge in [-0.25, -0.2) is 0 Å². The van der Waals surface area contributed by atoms with Gasteiger partial charge in [0, 0.05) is 6.42 Å². The minimum absolute atomic E-state index is 0.00220. The molecule has 3 fully saturated rings. The average Bonchev–Trinajstić information content (AvgIpc) is 2.49. The normalized spacial score (nSPS) is 53.6. The molecule has 1 saturated carbocycles. The maximum Gasteiger partial charge on any atom is 0.280 e. The van der Waals surface area contributed by atoms with Crippen LogP contribution >= 0.6 is 0 Å². The molecule has 0 aromatic rings. The molecule has 0 bridgehead atoms. The minimum atomic E-state index is -2.23. The second-order valence-electron chi connectivity index (χ2n) is 6.40. The molecule has 0 radical (unpaired) electrons. The Labute approximate surface area is 133 Å². The van der Waals surface area contributed by atoms with Crippen LogP contribution in [0.2, 0.25) is 0 Å². The average molecular weight is 332 g/mol. The molecular formula is C14H24N2O7. The highest BCUT2D eigenvalue weighted by molar-refractivity contribution is 5.87. The third kappa shape index (κ3) is 2.52. The highest BCUT2D eigenvalue weighted by Gasteiger charge is 2.63. The second-order valence-corrected chi connectivity index (χ2v) is 6.40. The Balaban J connectivity index is 1.92. The standard InChI is InChI=1S/C14H24N2O7/c1-5-4-6(17)14(20)13(21-5)22-12-10(19)7(15-2)9(18)8(16-3)11(12)23-14/h5,7-13,15-16,18-20H,4H2,1-3H3/t5-,7-,8+,9+,10+,11+,12+,13+,14+/m1/s1. The first-order valence-electron chi connectivity index (χ1n) is 7.78. The van der Waals surface area contributed by atoms with Crippen LogP contribution in [0, 0.1) is 0 Å². The molecule has 2 heterocycles. The summed E-state index contributed by atoms with van der Waals surface area (Å²) in [5.74, 6) is -2.76. The Morgan fingerprint density at radius 1 is 1.09 bits per heavy atom. The summed E-state index contributed by atoms with van der Waals surface area (Å²) in [5, 5.41) is 37.2. The zero-order valence-electron chi connectivity index (χ0n) is 13.3. The van der Waals surface area contributed by atoms with Crippen LogP contribution in [0.15, 0.2) is 0 Å². The van der Waals surface area contributed by atoms with Crippen LogP contribution in [-0.2, 0) is 19.0 Å². The van der Waals surface area contributed by atoms with Gasteiger partial charge in [0.15, 0.2) is 5.78 Å². The Morgan fingerprint density at radius 3 is 2.35 bits per heavy atom. The van der Waals surface area contributed by atoms with Gasteiger partial charge in [-0.3, -0.25) is 4.79 Å². The quantitative estimate of drug-likeness (QED) is 0.361. The molecule has 5 N–H and O–H groups in total. The Bertz CT molecular complexity index is 478. The van der Waals surface area contributed by atoms with Crippen molar-refractivity contribution in [2.24, 2.45) is 0 Å². The van der Waals surface area contributed by atoms with Crippen molar-refractivity contribution in [2.45, 2.75) is 68.0 Å². The van der Waals surface area contributed by atoms with E-state index in [0.717, 1.165) is 0 Å². The molecule has 2 saturated heterocycles. The fraction of sp³-hybridized carbons (Fsp3) is 0.929. The molecule has 0 aromatic heterocycles. The van der Waals surface area contributed by atoms with Crippen molar-refractivity contribution in [2.75, 3.05) is 14.1 Å². The van der Waals surface area contributed by atoms with Crippen molar-refractivity contribution in [3.63, 3.8) is 0 Å². The molecule has 0 aromatic carbocycles. The number of aliphatic hydroxyl groups is 3. The summed E-state index contributed by atoms with van der Waals surface area (Å²) in [7, 11) is 3.24. The summed E-state index contributed by atoms with van der Waals surface area (Å²) >= 11 is 0. The number of hydrogen-bond acceptors (Lipinski definition) is 9. The van der Waals surface area contributed by atoms with Gasteiger partial charge in [0.1, 0.15) is 18.3 Å². The van der Waals surface area contributed by atoms with Crippen molar-refractivity contribution >= 4 is 5.78 Å². The van der Waals surface area contributed by atoms with Crippen molar-refractivity contribution in [1.29, 1.82) is 0 Å². The lowest BCUT2D eigenvalue weighted by Gasteiger charge is -2.55. The van der Waals surface area contributed by atoms with Crippen LogP contribution in [-0.4, -0.2) is 89.9 Å². The lowest BCUT2D eigenvalue weighted by Crippen LogP contribution is -2.77. The van der Waals surface area contributed by atoms with E-state index in [1.54, 1.807) is 21.0 Å². The molecule has 3 rings (SSSR count). The van der Waals surface area contributed by atoms with E-state index in [4.69, 9.17) is 14.2 Å². The van der Waals surface area contributed by atoms with Gasteiger partial charge in [0.05, 0.1) is 24.3 Å². The molecular weight excluding hydrogens is 308 g/mol. The smallest absolute Gasteiger partial charge is 0.280 e. The maximum absolute atomic E-state index is 12.2. The Morgan fingerprint density at radius 2 is 1.74 bits per heavy atom. The zero-order chi connectivity index (χ0) is 16.9. The van der Waals surface area contributed by atoms with Gasteiger partial charge >= 0.3 is 0 Å². The highest BCUT2D eigenvalue weighted by atomic mass is 16.8. The van der Waals surface area contributed by atoms with Crippen molar-refractivity contribution in [3.8, 4) is 0 Å². The van der Waals surface area contributed by atoms with Crippen LogP contribution in [0.5, 0.6) is 0 Å². The van der Waals surface area contributed by atoms with Crippen LogP contribution in [0.4, 0.5) is 0 Å². The maximum atomic E-state index is 12.2. The third-order valence-electron chi connectivity index (χ3n) is 4.93. The first-order chi connectivity index (χ1) is 10.8. The SMILES string of the molecule is CN[C@@H]1[C@H](O)[C@H](NC)[C@@H]2O[C@@]3(O)C(=O)C[C@@H](C)O[C@H]3O[C@H]2[C@H]1O. The molecule has 0 spiro atoms. The minimum Gasteiger partial charge on any atom is -0.390 e. The van der Waals surface area contributed by atoms with E-state index in [9.17, 15) is 20.1 Å². The summed E-state index contributed by atoms with van der Waals surface area (Å²) in [4.78, 5) is 12.2. The number of ketones is 1. The van der Waals surface area contributed by atoms with E-state index in [1.807, 2.05) is 0 Å². The van der Waals surface area contributed by atoms with Crippen molar-refractivity contribution in [1.82, 2.24) is 10.6 Å². The Hall–Kier alpha value is -0.650. The molecule has 9 atom stereocenters. The topological polar surface area (TPSA) is 130 Å². The molecule has 2 aliphatic heterocycles. The van der Waals surface area contributed by atoms with Gasteiger partial charge < -0.3 is 40.2 Å². The fourth-order valence-corrected chi connectivity index (χ4v) is 3.68. The number of aliphatic hydroxyl groups excluding tert-OH is 2. The van der Waals surface area contributed by atoms with E-state index in [0.29, 0.717) is 0 Å². The van der Waals surface area contributed by atoms with E-state index in [1.165, 1.54) is 0 Å². The summed E-state index contributed by atoms with van der Waals surface area (Å²) in [6.45, 7) is 1.70. The van der Waals surface area contributed by atoms with Gasteiger partial charge in [-0.2, -0.15) is 0 Å². The monoisotopic (exact) mass is 332 g/mol. The van der Waals surface area contributed by atoms with Crippen LogP contribution in [0.3, 0.4) is 0 Å². The van der Waals surface area contributed by atoms with Gasteiger partial charge in [0.2, 0.25) is 6.29 Å². The third-order valence-corrected chi connectivity index (χ3v) is 4.93. The first-order valence-corrected chi connectivity index (χ1v) is 7.78. The largest absolute Gasteiger partial charge is 0.390 e. The molecule has 1 aliphatic carbocycles. The van der Waals surface area contributed by atoms with Crippen LogP contribution < -0.4 is 10.6 Å². The van der Waals surface area contributed by atoms with Crippen LogP contribution in [0.25, 0.3) is 0 Å². The lowest BCUT2D eigenvalue weighted by molar-refractivity contribution is -0.420. The number of Topliss-reactive ketones (excluding diaryl/α,β-unsaturated/α-hetero) is 1. The van der Waals surface area contributed by atoms with Gasteiger partial charge in [-0.15, -0.1) is 0 Å². The van der Waals surface area contributed by atoms with E-state index >= 15 is 0 Å². The molecule has 23 heavy (non-hydrogen) atoms. The summed E-state index contributed by atoms with van der Waals surface area (Å²) in [6.07, 6.45) is -5.58. The molecule has 3 aliphatic rings. The lowest BCUT2D eigenvalue weighted by atomic mass is 9.80. The molecule has 132 valence electrons. The number of carbonyl (C=O) groups excluding carboxylic acids is 1. The van der Waals surface area contributed by atoms with Crippen molar-refractivity contribution in [3.05, 3.63) is 0 Å². The molecule has 9 nitrogen and oxygen atoms in total. The number of hydrogen-bond donors (Lipinski definition) is 5. The predicted molar refractivity (Wildman–Crippen MR) is 76.4 cm³/mol. The second kappa shape index (κ2) is 6.01. The van der Waals surface area contributed by atoms with Gasteiger partial charge in [-0.1, -0.05) is 0 Å². The fourth-order valence-electron chi connectivity index (χ4n) is 3.68. The van der Waals surface area contributed by atoms with E-state index < -0.39 is 60.5 Å². The number of likely N-dealkylation sites (N-methyl/N-ethyl adjacent to an activating group) is 2.